The second kappa shape index (κ2) is 8.81. The maximum atomic E-state index is 12.9. The van der Waals surface area contributed by atoms with E-state index in [0.717, 1.165) is 0 Å². The van der Waals surface area contributed by atoms with Crippen LogP contribution < -0.4 is 5.32 Å². The Hall–Kier alpha value is -1.97. The molecule has 10 heteroatoms. The van der Waals surface area contributed by atoms with Gasteiger partial charge in [-0.3, -0.25) is 9.59 Å². The third-order valence-corrected chi connectivity index (χ3v) is 7.08. The SMILES string of the molecule is CC(=O)c1ccc(NC(=O)c2cc(S(=O)(=O)N3CCOCC3)c(Cl)cc2Cl)cc1. The number of benzene rings is 2. The van der Waals surface area contributed by atoms with Crippen LogP contribution in [-0.2, 0) is 14.8 Å². The predicted molar refractivity (Wildman–Crippen MR) is 110 cm³/mol. The van der Waals surface area contributed by atoms with Crippen LogP contribution in [0.5, 0.6) is 0 Å². The number of rotatable bonds is 5. The lowest BCUT2D eigenvalue weighted by Crippen LogP contribution is -2.40. The van der Waals surface area contributed by atoms with Crippen molar-refractivity contribution < 1.29 is 22.7 Å². The van der Waals surface area contributed by atoms with Crippen molar-refractivity contribution in [1.29, 1.82) is 0 Å². The zero-order valence-corrected chi connectivity index (χ0v) is 17.8. The lowest BCUT2D eigenvalue weighted by molar-refractivity contribution is 0.0730. The maximum Gasteiger partial charge on any atom is 0.257 e. The summed E-state index contributed by atoms with van der Waals surface area (Å²) in [7, 11) is -3.91. The zero-order valence-electron chi connectivity index (χ0n) is 15.4. The summed E-state index contributed by atoms with van der Waals surface area (Å²) >= 11 is 12.3. The fourth-order valence-corrected chi connectivity index (χ4v) is 5.06. The van der Waals surface area contributed by atoms with Crippen LogP contribution in [0.2, 0.25) is 10.0 Å². The normalized spacial score (nSPS) is 15.1. The number of hydrogen-bond donors (Lipinski definition) is 1. The fraction of sp³-hybridized carbons (Fsp3) is 0.263. The van der Waals surface area contributed by atoms with E-state index < -0.39 is 15.9 Å². The quantitative estimate of drug-likeness (QED) is 0.695. The summed E-state index contributed by atoms with van der Waals surface area (Å²) < 4.78 is 32.3. The molecule has 0 aliphatic carbocycles. The molecular weight excluding hydrogens is 439 g/mol. The number of halogens is 2. The van der Waals surface area contributed by atoms with Crippen molar-refractivity contribution in [3.8, 4) is 0 Å². The van der Waals surface area contributed by atoms with Crippen LogP contribution >= 0.6 is 23.2 Å². The van der Waals surface area contributed by atoms with Gasteiger partial charge in [0.1, 0.15) is 4.90 Å². The van der Waals surface area contributed by atoms with E-state index in [1.165, 1.54) is 23.4 Å². The minimum Gasteiger partial charge on any atom is -0.379 e. The summed E-state index contributed by atoms with van der Waals surface area (Å²) in [5.41, 5.74) is 0.911. The first kappa shape index (κ1) is 21.7. The smallest absolute Gasteiger partial charge is 0.257 e. The molecule has 1 saturated heterocycles. The zero-order chi connectivity index (χ0) is 21.2. The third-order valence-electron chi connectivity index (χ3n) is 4.40. The summed E-state index contributed by atoms with van der Waals surface area (Å²) in [6.07, 6.45) is 0. The highest BCUT2D eigenvalue weighted by Gasteiger charge is 2.30. The van der Waals surface area contributed by atoms with Gasteiger partial charge in [-0.25, -0.2) is 8.42 Å². The molecule has 1 heterocycles. The number of nitrogens with zero attached hydrogens (tertiary/aromatic N) is 1. The van der Waals surface area contributed by atoms with Gasteiger partial charge in [0.15, 0.2) is 5.78 Å². The number of sulfonamides is 1. The Morgan fingerprint density at radius 3 is 2.24 bits per heavy atom. The molecular formula is C19H18Cl2N2O5S. The number of amides is 1. The number of anilines is 1. The van der Waals surface area contributed by atoms with Crippen molar-refractivity contribution in [2.75, 3.05) is 31.6 Å². The maximum absolute atomic E-state index is 12.9. The van der Waals surface area contributed by atoms with Gasteiger partial charge in [0.25, 0.3) is 5.91 Å². The van der Waals surface area contributed by atoms with Gasteiger partial charge >= 0.3 is 0 Å². The van der Waals surface area contributed by atoms with Gasteiger partial charge in [-0.1, -0.05) is 23.2 Å². The second-order valence-corrected chi connectivity index (χ2v) is 9.09. The minimum atomic E-state index is -3.91. The van der Waals surface area contributed by atoms with Crippen molar-refractivity contribution in [2.24, 2.45) is 0 Å². The summed E-state index contributed by atoms with van der Waals surface area (Å²) in [4.78, 5) is 23.8. The van der Waals surface area contributed by atoms with Crippen molar-refractivity contribution >= 4 is 50.6 Å². The van der Waals surface area contributed by atoms with Gasteiger partial charge in [0, 0.05) is 24.3 Å². The van der Waals surface area contributed by atoms with Crippen LogP contribution in [0, 0.1) is 0 Å². The van der Waals surface area contributed by atoms with Crippen molar-refractivity contribution in [3.05, 3.63) is 57.6 Å². The Kier molecular flexibility index (Phi) is 6.60. The molecule has 0 radical (unpaired) electrons. The molecule has 1 aliphatic rings. The number of hydrogen-bond acceptors (Lipinski definition) is 5. The summed E-state index contributed by atoms with van der Waals surface area (Å²) in [5, 5.41) is 2.59. The van der Waals surface area contributed by atoms with Crippen LogP contribution in [-0.4, -0.2) is 50.7 Å². The first-order valence-corrected chi connectivity index (χ1v) is 10.9. The van der Waals surface area contributed by atoms with Crippen LogP contribution in [0.15, 0.2) is 41.3 Å². The molecule has 29 heavy (non-hydrogen) atoms. The average molecular weight is 457 g/mol. The van der Waals surface area contributed by atoms with Crippen LogP contribution in [0.3, 0.4) is 0 Å². The van der Waals surface area contributed by atoms with E-state index in [4.69, 9.17) is 27.9 Å². The molecule has 2 aromatic rings. The standard InChI is InChI=1S/C19H18Cl2N2O5S/c1-12(24)13-2-4-14(5-3-13)22-19(25)15-10-18(17(21)11-16(15)20)29(26,27)23-6-8-28-9-7-23/h2-5,10-11H,6-9H2,1H3,(H,22,25). The van der Waals surface area contributed by atoms with E-state index in [1.807, 2.05) is 0 Å². The second-order valence-electron chi connectivity index (χ2n) is 6.37. The Morgan fingerprint density at radius 1 is 1.03 bits per heavy atom. The van der Waals surface area contributed by atoms with Crippen LogP contribution in [0.25, 0.3) is 0 Å². The van der Waals surface area contributed by atoms with Crippen LogP contribution in [0.1, 0.15) is 27.6 Å². The van der Waals surface area contributed by atoms with Crippen LogP contribution in [0.4, 0.5) is 5.69 Å². The Morgan fingerprint density at radius 2 is 1.66 bits per heavy atom. The lowest BCUT2D eigenvalue weighted by Gasteiger charge is -2.26. The molecule has 1 fully saturated rings. The summed E-state index contributed by atoms with van der Waals surface area (Å²) in [5.74, 6) is -0.692. The van der Waals surface area contributed by atoms with E-state index in [9.17, 15) is 18.0 Å². The molecule has 2 aromatic carbocycles. The molecule has 0 atom stereocenters. The first-order valence-electron chi connectivity index (χ1n) is 8.69. The number of ketones is 1. The van der Waals surface area contributed by atoms with Gasteiger partial charge in [-0.15, -0.1) is 0 Å². The highest BCUT2D eigenvalue weighted by atomic mass is 35.5. The topological polar surface area (TPSA) is 92.8 Å². The molecule has 1 N–H and O–H groups in total. The van der Waals surface area contributed by atoms with Crippen molar-refractivity contribution in [1.82, 2.24) is 4.31 Å². The lowest BCUT2D eigenvalue weighted by atomic mass is 10.1. The summed E-state index contributed by atoms with van der Waals surface area (Å²) in [6, 6.07) is 8.72. The monoisotopic (exact) mass is 456 g/mol. The first-order chi connectivity index (χ1) is 13.7. The molecule has 0 spiro atoms. The van der Waals surface area contributed by atoms with E-state index in [2.05, 4.69) is 5.32 Å². The molecule has 154 valence electrons. The Labute approximate surface area is 178 Å². The molecule has 3 rings (SSSR count). The van der Waals surface area contributed by atoms with Gasteiger partial charge in [0.2, 0.25) is 10.0 Å². The molecule has 0 unspecified atom stereocenters. The number of carbonyl (C=O) groups is 2. The molecule has 7 nitrogen and oxygen atoms in total. The molecule has 1 aliphatic heterocycles. The Balaban J connectivity index is 1.90. The van der Waals surface area contributed by atoms with Crippen molar-refractivity contribution in [3.63, 3.8) is 0 Å². The van der Waals surface area contributed by atoms with Gasteiger partial charge in [-0.05, 0) is 43.3 Å². The third kappa shape index (κ3) is 4.79. The highest BCUT2D eigenvalue weighted by Crippen LogP contribution is 2.31. The molecule has 0 saturated carbocycles. The largest absolute Gasteiger partial charge is 0.379 e. The summed E-state index contributed by atoms with van der Waals surface area (Å²) in [6.45, 7) is 2.41. The average Bonchev–Trinajstić information content (AvgIpc) is 2.68. The molecule has 0 bridgehead atoms. The van der Waals surface area contributed by atoms with Gasteiger partial charge < -0.3 is 10.1 Å². The highest BCUT2D eigenvalue weighted by molar-refractivity contribution is 7.89. The minimum absolute atomic E-state index is 0.0220. The van der Waals surface area contributed by atoms with E-state index in [-0.39, 0.29) is 52.6 Å². The number of morpholine rings is 1. The Bertz CT molecular complexity index is 1050. The fourth-order valence-electron chi connectivity index (χ4n) is 2.81. The van der Waals surface area contributed by atoms with E-state index in [0.29, 0.717) is 11.3 Å². The number of nitrogens with one attached hydrogen (secondary N) is 1. The van der Waals surface area contributed by atoms with Gasteiger partial charge in [0.05, 0.1) is 28.8 Å². The number of ether oxygens (including phenoxy) is 1. The molecule has 0 aromatic heterocycles. The number of Topliss-reactive ketones (excluding diaryl/α,β-unsaturated/α-hetero) is 1. The molecule has 1 amide bonds. The van der Waals surface area contributed by atoms with E-state index >= 15 is 0 Å². The predicted octanol–water partition coefficient (Wildman–Crippen LogP) is 3.47. The van der Waals surface area contributed by atoms with E-state index in [1.54, 1.807) is 24.3 Å². The van der Waals surface area contributed by atoms with Crippen molar-refractivity contribution in [2.45, 2.75) is 11.8 Å². The number of carbonyl (C=O) groups excluding carboxylic acids is 2. The van der Waals surface area contributed by atoms with Gasteiger partial charge in [-0.2, -0.15) is 4.31 Å².